The van der Waals surface area contributed by atoms with Crippen LogP contribution in [0.3, 0.4) is 0 Å². The first kappa shape index (κ1) is 17.4. The first-order chi connectivity index (χ1) is 12.2. The number of aromatic carboxylic acids is 1. The molecule has 5 heteroatoms. The highest BCUT2D eigenvalue weighted by molar-refractivity contribution is 7.13. The van der Waals surface area contributed by atoms with E-state index >= 15 is 0 Å². The zero-order chi connectivity index (χ0) is 17.6. The average molecular weight is 355 g/mol. The van der Waals surface area contributed by atoms with Gasteiger partial charge in [0.25, 0.3) is 0 Å². The van der Waals surface area contributed by atoms with E-state index in [1.54, 1.807) is 5.38 Å². The maximum Gasteiger partial charge on any atom is 0.355 e. The number of nitrogens with zero attached hydrogens (tertiary/aromatic N) is 1. The Morgan fingerprint density at radius 3 is 2.76 bits per heavy atom. The van der Waals surface area contributed by atoms with Gasteiger partial charge in [0.15, 0.2) is 5.69 Å². The molecule has 0 aliphatic rings. The lowest BCUT2D eigenvalue weighted by Crippen LogP contribution is -2.00. The third-order valence-corrected chi connectivity index (χ3v) is 4.94. The molecule has 130 valence electrons. The van der Waals surface area contributed by atoms with E-state index in [9.17, 15) is 4.79 Å². The Bertz CT molecular complexity index is 872. The molecule has 0 atom stereocenters. The van der Waals surface area contributed by atoms with Gasteiger partial charge in [0, 0.05) is 5.38 Å². The van der Waals surface area contributed by atoms with Gasteiger partial charge in [0.2, 0.25) is 0 Å². The molecule has 0 saturated heterocycles. The normalized spacial score (nSPS) is 10.9. The van der Waals surface area contributed by atoms with Gasteiger partial charge in [-0.3, -0.25) is 0 Å². The summed E-state index contributed by atoms with van der Waals surface area (Å²) >= 11 is 1.34. The van der Waals surface area contributed by atoms with Crippen LogP contribution in [0.15, 0.2) is 41.8 Å². The van der Waals surface area contributed by atoms with Crippen molar-refractivity contribution in [1.29, 1.82) is 0 Å². The smallest absolute Gasteiger partial charge is 0.355 e. The number of fused-ring (bicyclic) bond motifs is 1. The van der Waals surface area contributed by atoms with E-state index in [0.717, 1.165) is 34.9 Å². The van der Waals surface area contributed by atoms with Crippen LogP contribution in [0.1, 0.15) is 43.1 Å². The van der Waals surface area contributed by atoms with Gasteiger partial charge >= 0.3 is 5.97 Å². The molecule has 0 spiro atoms. The van der Waals surface area contributed by atoms with Gasteiger partial charge < -0.3 is 9.84 Å². The van der Waals surface area contributed by atoms with Crippen LogP contribution in [0, 0.1) is 0 Å². The molecule has 1 N–H and O–H groups in total. The van der Waals surface area contributed by atoms with Crippen molar-refractivity contribution in [2.45, 2.75) is 32.6 Å². The van der Waals surface area contributed by atoms with Crippen LogP contribution in [0.2, 0.25) is 0 Å². The number of carboxylic acid groups (broad SMARTS) is 1. The number of hydrogen-bond donors (Lipinski definition) is 1. The highest BCUT2D eigenvalue weighted by atomic mass is 32.1. The molecule has 0 fully saturated rings. The van der Waals surface area contributed by atoms with E-state index in [2.05, 4.69) is 11.9 Å². The Kier molecular flexibility index (Phi) is 5.66. The minimum absolute atomic E-state index is 0.0711. The van der Waals surface area contributed by atoms with E-state index in [1.807, 2.05) is 36.4 Å². The molecule has 0 aliphatic carbocycles. The number of carbonyl (C=O) groups is 1. The van der Waals surface area contributed by atoms with Gasteiger partial charge in [-0.1, -0.05) is 56.5 Å². The molecule has 0 amide bonds. The Labute approximate surface area is 151 Å². The molecule has 2 aromatic carbocycles. The van der Waals surface area contributed by atoms with Gasteiger partial charge in [-0.2, -0.15) is 0 Å². The molecule has 0 bridgehead atoms. The highest BCUT2D eigenvalue weighted by Gasteiger charge is 2.17. The van der Waals surface area contributed by atoms with E-state index in [1.165, 1.54) is 24.2 Å². The van der Waals surface area contributed by atoms with Crippen molar-refractivity contribution in [1.82, 2.24) is 4.98 Å². The standard InChI is InChI=1S/C20H21NO3S/c1-2-3-4-7-12-24-17-11-10-14-8-5-6-9-15(14)18(17)19-21-16(13-25-19)20(22)23/h5-6,8-11,13H,2-4,7,12H2,1H3,(H,22,23). The maximum absolute atomic E-state index is 11.2. The number of carboxylic acids is 1. The second-order valence-electron chi connectivity index (χ2n) is 5.91. The Hall–Kier alpha value is -2.40. The second-order valence-corrected chi connectivity index (χ2v) is 6.77. The largest absolute Gasteiger partial charge is 0.493 e. The lowest BCUT2D eigenvalue weighted by molar-refractivity contribution is 0.0691. The number of rotatable bonds is 8. The lowest BCUT2D eigenvalue weighted by Gasteiger charge is -2.13. The van der Waals surface area contributed by atoms with E-state index in [4.69, 9.17) is 9.84 Å². The van der Waals surface area contributed by atoms with Crippen molar-refractivity contribution >= 4 is 28.1 Å². The summed E-state index contributed by atoms with van der Waals surface area (Å²) in [6.07, 6.45) is 4.57. The maximum atomic E-state index is 11.2. The van der Waals surface area contributed by atoms with Crippen LogP contribution in [0.25, 0.3) is 21.3 Å². The SMILES string of the molecule is CCCCCCOc1ccc2ccccc2c1-c1nc(C(=O)O)cs1. The molecule has 0 aliphatic heterocycles. The van der Waals surface area contributed by atoms with Crippen molar-refractivity contribution in [3.8, 4) is 16.3 Å². The summed E-state index contributed by atoms with van der Waals surface area (Å²) in [5.41, 5.74) is 0.952. The number of benzene rings is 2. The number of unbranched alkanes of at least 4 members (excludes halogenated alkanes) is 3. The van der Waals surface area contributed by atoms with Crippen molar-refractivity contribution in [2.75, 3.05) is 6.61 Å². The summed E-state index contributed by atoms with van der Waals surface area (Å²) in [6, 6.07) is 12.0. The average Bonchev–Trinajstić information content (AvgIpc) is 3.11. The summed E-state index contributed by atoms with van der Waals surface area (Å²) in [5, 5.41) is 13.5. The zero-order valence-corrected chi connectivity index (χ0v) is 15.0. The van der Waals surface area contributed by atoms with E-state index < -0.39 is 5.97 Å². The minimum Gasteiger partial charge on any atom is -0.493 e. The third-order valence-electron chi connectivity index (χ3n) is 4.08. The minimum atomic E-state index is -1.01. The molecule has 0 radical (unpaired) electrons. The molecule has 0 unspecified atom stereocenters. The van der Waals surface area contributed by atoms with Crippen molar-refractivity contribution in [2.24, 2.45) is 0 Å². The van der Waals surface area contributed by atoms with Crippen LogP contribution >= 0.6 is 11.3 Å². The van der Waals surface area contributed by atoms with E-state index in [0.29, 0.717) is 11.6 Å². The molecule has 1 heterocycles. The monoisotopic (exact) mass is 355 g/mol. The number of hydrogen-bond acceptors (Lipinski definition) is 4. The van der Waals surface area contributed by atoms with Gasteiger partial charge in [-0.15, -0.1) is 11.3 Å². The van der Waals surface area contributed by atoms with Gasteiger partial charge in [0.05, 0.1) is 12.2 Å². The van der Waals surface area contributed by atoms with Gasteiger partial charge in [0.1, 0.15) is 10.8 Å². The highest BCUT2D eigenvalue weighted by Crippen LogP contribution is 2.38. The predicted molar refractivity (Wildman–Crippen MR) is 102 cm³/mol. The first-order valence-electron chi connectivity index (χ1n) is 8.54. The first-order valence-corrected chi connectivity index (χ1v) is 9.42. The summed E-state index contributed by atoms with van der Waals surface area (Å²) in [5.74, 6) is -0.244. The summed E-state index contributed by atoms with van der Waals surface area (Å²) in [4.78, 5) is 15.5. The fourth-order valence-electron chi connectivity index (χ4n) is 2.79. The topological polar surface area (TPSA) is 59.4 Å². The molecule has 1 aromatic heterocycles. The third kappa shape index (κ3) is 3.99. The molecular weight excluding hydrogens is 334 g/mol. The van der Waals surface area contributed by atoms with Crippen LogP contribution in [-0.2, 0) is 0 Å². The second kappa shape index (κ2) is 8.12. The molecule has 0 saturated carbocycles. The number of thiazole rings is 1. The summed E-state index contributed by atoms with van der Waals surface area (Å²) in [7, 11) is 0. The Balaban J connectivity index is 1.96. The molecule has 25 heavy (non-hydrogen) atoms. The molecule has 3 rings (SSSR count). The quantitative estimate of drug-likeness (QED) is 0.533. The van der Waals surface area contributed by atoms with Crippen LogP contribution in [0.5, 0.6) is 5.75 Å². The van der Waals surface area contributed by atoms with Gasteiger partial charge in [-0.25, -0.2) is 9.78 Å². The van der Waals surface area contributed by atoms with Crippen LogP contribution < -0.4 is 4.74 Å². The Morgan fingerprint density at radius 1 is 1.16 bits per heavy atom. The predicted octanol–water partition coefficient (Wildman–Crippen LogP) is 5.62. The fourth-order valence-corrected chi connectivity index (χ4v) is 3.65. The molecule has 4 nitrogen and oxygen atoms in total. The van der Waals surface area contributed by atoms with E-state index in [-0.39, 0.29) is 5.69 Å². The van der Waals surface area contributed by atoms with Crippen molar-refractivity contribution < 1.29 is 14.6 Å². The van der Waals surface area contributed by atoms with Gasteiger partial charge in [-0.05, 0) is 23.3 Å². The summed E-state index contributed by atoms with van der Waals surface area (Å²) < 4.78 is 6.04. The zero-order valence-electron chi connectivity index (χ0n) is 14.2. The summed E-state index contributed by atoms with van der Waals surface area (Å²) in [6.45, 7) is 2.84. The van der Waals surface area contributed by atoms with Crippen molar-refractivity contribution in [3.05, 3.63) is 47.5 Å². The molecular formula is C20H21NO3S. The number of aromatic nitrogens is 1. The van der Waals surface area contributed by atoms with Crippen LogP contribution in [-0.4, -0.2) is 22.7 Å². The Morgan fingerprint density at radius 2 is 2.00 bits per heavy atom. The molecule has 3 aromatic rings. The fraction of sp³-hybridized carbons (Fsp3) is 0.300. The van der Waals surface area contributed by atoms with Crippen LogP contribution in [0.4, 0.5) is 0 Å². The van der Waals surface area contributed by atoms with Crippen molar-refractivity contribution in [3.63, 3.8) is 0 Å². The number of ether oxygens (including phenoxy) is 1. The lowest BCUT2D eigenvalue weighted by atomic mass is 10.0.